The quantitative estimate of drug-likeness (QED) is 0.753. The number of hydrogen-bond acceptors (Lipinski definition) is 5. The maximum Gasteiger partial charge on any atom is 0.244 e. The molecule has 0 aliphatic carbocycles. The summed E-state index contributed by atoms with van der Waals surface area (Å²) in [7, 11) is -2.52. The van der Waals surface area contributed by atoms with Crippen LogP contribution in [0.3, 0.4) is 0 Å². The van der Waals surface area contributed by atoms with Crippen LogP contribution in [0.25, 0.3) is 0 Å². The summed E-state index contributed by atoms with van der Waals surface area (Å²) in [5, 5.41) is 0. The summed E-state index contributed by atoms with van der Waals surface area (Å²) in [4.78, 5) is 16.2. The monoisotopic (exact) mass is 435 g/mol. The summed E-state index contributed by atoms with van der Waals surface area (Å²) in [6, 6.07) is 11.8. The first-order valence-corrected chi connectivity index (χ1v) is 11.2. The number of ether oxygens (including phenoxy) is 1. The number of rotatable bonds is 6. The molecule has 1 saturated heterocycles. The van der Waals surface area contributed by atoms with Crippen molar-refractivity contribution in [2.24, 2.45) is 0 Å². The smallest absolute Gasteiger partial charge is 0.244 e. The molecular weight excluding hydrogens is 409 g/mol. The highest BCUT2D eigenvalue weighted by molar-refractivity contribution is 7.89. The van der Waals surface area contributed by atoms with Crippen molar-refractivity contribution in [1.29, 1.82) is 0 Å². The maximum absolute atomic E-state index is 13.9. The Morgan fingerprint density at radius 1 is 1.07 bits per heavy atom. The fourth-order valence-electron chi connectivity index (χ4n) is 3.47. The molecule has 2 aromatic rings. The van der Waals surface area contributed by atoms with E-state index in [-0.39, 0.29) is 5.91 Å². The average molecular weight is 436 g/mol. The third-order valence-electron chi connectivity index (χ3n) is 5.07. The summed E-state index contributed by atoms with van der Waals surface area (Å²) < 4.78 is 46.3. The van der Waals surface area contributed by atoms with Gasteiger partial charge in [-0.2, -0.15) is 4.72 Å². The van der Waals surface area contributed by atoms with Gasteiger partial charge in [-0.3, -0.25) is 4.79 Å². The molecule has 0 spiro atoms. The van der Waals surface area contributed by atoms with Gasteiger partial charge in [-0.1, -0.05) is 12.1 Å². The topological polar surface area (TPSA) is 79.0 Å². The Morgan fingerprint density at radius 3 is 2.43 bits per heavy atom. The van der Waals surface area contributed by atoms with Crippen LogP contribution in [0.5, 0.6) is 5.75 Å². The SMILES string of the molecule is COc1ccc(N2CCCN(C(=O)[C@H](C)NS(=O)(=O)c3ccccc3F)CC2)cc1. The highest BCUT2D eigenvalue weighted by atomic mass is 32.2. The van der Waals surface area contributed by atoms with E-state index in [1.54, 1.807) is 12.0 Å². The van der Waals surface area contributed by atoms with Gasteiger partial charge in [-0.15, -0.1) is 0 Å². The van der Waals surface area contributed by atoms with Crippen LogP contribution in [0.15, 0.2) is 53.4 Å². The van der Waals surface area contributed by atoms with Crippen molar-refractivity contribution in [3.8, 4) is 5.75 Å². The number of benzene rings is 2. The van der Waals surface area contributed by atoms with Crippen LogP contribution in [0.4, 0.5) is 10.1 Å². The minimum absolute atomic E-state index is 0.327. The van der Waals surface area contributed by atoms with Gasteiger partial charge < -0.3 is 14.5 Å². The summed E-state index contributed by atoms with van der Waals surface area (Å²) >= 11 is 0. The van der Waals surface area contributed by atoms with Gasteiger partial charge in [-0.05, 0) is 49.7 Å². The molecule has 30 heavy (non-hydrogen) atoms. The molecular formula is C21H26FN3O4S. The summed E-state index contributed by atoms with van der Waals surface area (Å²) in [5.41, 5.74) is 1.04. The molecule has 1 atom stereocenters. The Bertz CT molecular complexity index is 982. The van der Waals surface area contributed by atoms with Crippen LogP contribution in [-0.4, -0.2) is 58.6 Å². The second kappa shape index (κ2) is 9.44. The Balaban J connectivity index is 1.63. The van der Waals surface area contributed by atoms with E-state index in [1.165, 1.54) is 25.1 Å². The minimum Gasteiger partial charge on any atom is -0.497 e. The molecule has 1 N–H and O–H groups in total. The number of carbonyl (C=O) groups excluding carboxylic acids is 1. The number of nitrogens with zero attached hydrogens (tertiary/aromatic N) is 2. The lowest BCUT2D eigenvalue weighted by Gasteiger charge is -2.26. The predicted octanol–water partition coefficient (Wildman–Crippen LogP) is 2.24. The third kappa shape index (κ3) is 5.09. The fraction of sp³-hybridized carbons (Fsp3) is 0.381. The number of nitrogens with one attached hydrogen (secondary N) is 1. The van der Waals surface area contributed by atoms with Crippen LogP contribution in [0, 0.1) is 5.82 Å². The second-order valence-corrected chi connectivity index (χ2v) is 8.82. The number of sulfonamides is 1. The lowest BCUT2D eigenvalue weighted by molar-refractivity contribution is -0.132. The van der Waals surface area contributed by atoms with Gasteiger partial charge in [0.2, 0.25) is 15.9 Å². The van der Waals surface area contributed by atoms with Gasteiger partial charge >= 0.3 is 0 Å². The summed E-state index contributed by atoms with van der Waals surface area (Å²) in [6.45, 7) is 3.89. The molecule has 0 saturated carbocycles. The molecule has 1 fully saturated rings. The van der Waals surface area contributed by atoms with Gasteiger partial charge in [0.25, 0.3) is 0 Å². The predicted molar refractivity (Wildman–Crippen MR) is 113 cm³/mol. The summed E-state index contributed by atoms with van der Waals surface area (Å²) in [5.74, 6) is -0.401. The molecule has 1 aliphatic rings. The zero-order valence-corrected chi connectivity index (χ0v) is 17.9. The highest BCUT2D eigenvalue weighted by Crippen LogP contribution is 2.21. The molecule has 2 aromatic carbocycles. The zero-order chi connectivity index (χ0) is 21.7. The number of hydrogen-bond donors (Lipinski definition) is 1. The highest BCUT2D eigenvalue weighted by Gasteiger charge is 2.28. The van der Waals surface area contributed by atoms with E-state index in [4.69, 9.17) is 4.74 Å². The molecule has 1 heterocycles. The van der Waals surface area contributed by atoms with E-state index in [1.807, 2.05) is 24.3 Å². The van der Waals surface area contributed by atoms with Crippen LogP contribution < -0.4 is 14.4 Å². The van der Waals surface area contributed by atoms with Crippen LogP contribution >= 0.6 is 0 Å². The van der Waals surface area contributed by atoms with Crippen molar-refractivity contribution in [3.05, 3.63) is 54.3 Å². The van der Waals surface area contributed by atoms with Crippen molar-refractivity contribution in [3.63, 3.8) is 0 Å². The molecule has 1 aliphatic heterocycles. The van der Waals surface area contributed by atoms with Crippen LogP contribution in [0.1, 0.15) is 13.3 Å². The maximum atomic E-state index is 13.9. The largest absolute Gasteiger partial charge is 0.497 e. The minimum atomic E-state index is -4.14. The lowest BCUT2D eigenvalue weighted by Crippen LogP contribution is -2.48. The standard InChI is InChI=1S/C21H26FN3O4S/c1-16(23-30(27,28)20-7-4-3-6-19(20)22)21(26)25-13-5-12-24(14-15-25)17-8-10-18(29-2)11-9-17/h3-4,6-11,16,23H,5,12-15H2,1-2H3/t16-/m0/s1. The van der Waals surface area contributed by atoms with Crippen LogP contribution in [0.2, 0.25) is 0 Å². The molecule has 7 nitrogen and oxygen atoms in total. The first-order valence-electron chi connectivity index (χ1n) is 9.76. The zero-order valence-electron chi connectivity index (χ0n) is 17.0. The van der Waals surface area contributed by atoms with Crippen molar-refractivity contribution in [1.82, 2.24) is 9.62 Å². The Hall–Kier alpha value is -2.65. The number of carbonyl (C=O) groups is 1. The summed E-state index contributed by atoms with van der Waals surface area (Å²) in [6.07, 6.45) is 0.755. The Kier molecular flexibility index (Phi) is 6.94. The van der Waals surface area contributed by atoms with Crippen molar-refractivity contribution in [2.45, 2.75) is 24.3 Å². The first kappa shape index (κ1) is 22.0. The van der Waals surface area contributed by atoms with E-state index in [0.717, 1.165) is 30.5 Å². The van der Waals surface area contributed by atoms with Gasteiger partial charge in [0.1, 0.15) is 16.5 Å². The van der Waals surface area contributed by atoms with Crippen molar-refractivity contribution >= 4 is 21.6 Å². The van der Waals surface area contributed by atoms with Crippen molar-refractivity contribution in [2.75, 3.05) is 38.2 Å². The van der Waals surface area contributed by atoms with E-state index in [2.05, 4.69) is 9.62 Å². The van der Waals surface area contributed by atoms with Gasteiger partial charge in [0.15, 0.2) is 0 Å². The van der Waals surface area contributed by atoms with E-state index in [9.17, 15) is 17.6 Å². The molecule has 0 aromatic heterocycles. The van der Waals surface area contributed by atoms with Gasteiger partial charge in [0.05, 0.1) is 13.2 Å². The molecule has 3 rings (SSSR count). The number of amides is 1. The Morgan fingerprint density at radius 2 is 1.77 bits per heavy atom. The van der Waals surface area contributed by atoms with Gasteiger partial charge in [0, 0.05) is 31.9 Å². The normalized spacial score (nSPS) is 16.1. The third-order valence-corrected chi connectivity index (χ3v) is 6.65. The number of halogens is 1. The van der Waals surface area contributed by atoms with E-state index in [0.29, 0.717) is 19.6 Å². The van der Waals surface area contributed by atoms with E-state index >= 15 is 0 Å². The first-order chi connectivity index (χ1) is 14.3. The van der Waals surface area contributed by atoms with E-state index < -0.39 is 26.8 Å². The molecule has 162 valence electrons. The van der Waals surface area contributed by atoms with Crippen molar-refractivity contribution < 1.29 is 22.3 Å². The molecule has 9 heteroatoms. The number of anilines is 1. The number of methoxy groups -OCH3 is 1. The average Bonchev–Trinajstić information content (AvgIpc) is 2.99. The fourth-order valence-corrected chi connectivity index (χ4v) is 4.75. The molecule has 0 bridgehead atoms. The molecule has 0 unspecified atom stereocenters. The Labute approximate surface area is 176 Å². The van der Waals surface area contributed by atoms with Crippen LogP contribution in [-0.2, 0) is 14.8 Å². The second-order valence-electron chi connectivity index (χ2n) is 7.14. The molecule has 1 amide bonds. The molecule has 0 radical (unpaired) electrons. The lowest BCUT2D eigenvalue weighted by atomic mass is 10.2. The van der Waals surface area contributed by atoms with Gasteiger partial charge in [-0.25, -0.2) is 12.8 Å².